The lowest BCUT2D eigenvalue weighted by Gasteiger charge is -2.24. The van der Waals surface area contributed by atoms with Crippen molar-refractivity contribution in [2.24, 2.45) is 4.99 Å². The highest BCUT2D eigenvalue weighted by Crippen LogP contribution is 2.23. The zero-order valence-corrected chi connectivity index (χ0v) is 16.9. The van der Waals surface area contributed by atoms with E-state index in [9.17, 15) is 4.39 Å². The quantitative estimate of drug-likeness (QED) is 0.397. The summed E-state index contributed by atoms with van der Waals surface area (Å²) in [6.45, 7) is 4.47. The molecule has 7 heteroatoms. The van der Waals surface area contributed by atoms with Gasteiger partial charge in [-0.15, -0.1) is 24.0 Å². The Morgan fingerprint density at radius 2 is 2.21 bits per heavy atom. The van der Waals surface area contributed by atoms with Crippen molar-refractivity contribution < 1.29 is 13.9 Å². The molecule has 0 radical (unpaired) electrons. The zero-order chi connectivity index (χ0) is 16.7. The molecule has 24 heavy (non-hydrogen) atoms. The maximum Gasteiger partial charge on any atom is 0.191 e. The Hall–Kier alpha value is -0.930. The van der Waals surface area contributed by atoms with Crippen molar-refractivity contribution in [3.8, 4) is 0 Å². The minimum absolute atomic E-state index is 0. The molecule has 0 aromatic heterocycles. The van der Waals surface area contributed by atoms with Crippen molar-refractivity contribution in [3.63, 3.8) is 0 Å². The van der Waals surface area contributed by atoms with Crippen molar-refractivity contribution in [3.05, 3.63) is 35.1 Å². The largest absolute Gasteiger partial charge is 0.380 e. The van der Waals surface area contributed by atoms with E-state index in [-0.39, 0.29) is 42.0 Å². The van der Waals surface area contributed by atoms with Gasteiger partial charge in [-0.2, -0.15) is 0 Å². The van der Waals surface area contributed by atoms with Crippen LogP contribution in [0.25, 0.3) is 0 Å². The third-order valence-corrected chi connectivity index (χ3v) is 4.02. The van der Waals surface area contributed by atoms with Gasteiger partial charge in [-0.1, -0.05) is 6.07 Å². The van der Waals surface area contributed by atoms with Gasteiger partial charge in [0.1, 0.15) is 5.82 Å². The summed E-state index contributed by atoms with van der Waals surface area (Å²) in [6, 6.07) is 5.03. The smallest absolute Gasteiger partial charge is 0.191 e. The van der Waals surface area contributed by atoms with Gasteiger partial charge >= 0.3 is 0 Å². The molecule has 1 aromatic rings. The second-order valence-electron chi connectivity index (χ2n) is 6.04. The minimum atomic E-state index is -0.246. The Bertz CT molecular complexity index is 549. The Morgan fingerprint density at radius 1 is 1.42 bits per heavy atom. The van der Waals surface area contributed by atoms with Gasteiger partial charge in [-0.05, 0) is 37.5 Å². The maximum absolute atomic E-state index is 13.6. The monoisotopic (exact) mass is 451 g/mol. The molecule has 5 nitrogen and oxygen atoms in total. The van der Waals surface area contributed by atoms with Gasteiger partial charge in [0.15, 0.2) is 5.96 Å². The van der Waals surface area contributed by atoms with E-state index in [1.54, 1.807) is 26.3 Å². The first-order chi connectivity index (χ1) is 11.1. The van der Waals surface area contributed by atoms with Gasteiger partial charge in [0.2, 0.25) is 0 Å². The van der Waals surface area contributed by atoms with Crippen LogP contribution >= 0.6 is 24.0 Å². The Labute approximate surface area is 160 Å². The molecule has 1 aromatic carbocycles. The van der Waals surface area contributed by atoms with Crippen LogP contribution in [0.5, 0.6) is 0 Å². The lowest BCUT2D eigenvalue weighted by molar-refractivity contribution is 0.0243. The van der Waals surface area contributed by atoms with Gasteiger partial charge in [-0.25, -0.2) is 4.39 Å². The fourth-order valence-corrected chi connectivity index (χ4v) is 2.66. The normalized spacial score (nSPS) is 20.6. The number of guanidine groups is 1. The van der Waals surface area contributed by atoms with Crippen LogP contribution in [0.4, 0.5) is 4.39 Å². The van der Waals surface area contributed by atoms with Gasteiger partial charge < -0.3 is 20.1 Å². The lowest BCUT2D eigenvalue weighted by Crippen LogP contribution is -2.45. The van der Waals surface area contributed by atoms with E-state index in [4.69, 9.17) is 9.47 Å². The van der Waals surface area contributed by atoms with Crippen LogP contribution in [0.3, 0.4) is 0 Å². The van der Waals surface area contributed by atoms with E-state index in [2.05, 4.69) is 22.5 Å². The van der Waals surface area contributed by atoms with Crippen molar-refractivity contribution >= 4 is 29.9 Å². The molecule has 0 amide bonds. The Morgan fingerprint density at radius 3 is 2.83 bits per heavy atom. The molecule has 136 valence electrons. The average molecular weight is 451 g/mol. The summed E-state index contributed by atoms with van der Waals surface area (Å²) in [5.41, 5.74) is 1.41. The van der Waals surface area contributed by atoms with Crippen LogP contribution < -0.4 is 10.6 Å². The predicted molar refractivity (Wildman–Crippen MR) is 104 cm³/mol. The molecule has 1 saturated heterocycles. The van der Waals surface area contributed by atoms with E-state index in [0.29, 0.717) is 24.6 Å². The molecule has 0 spiro atoms. The first-order valence-corrected chi connectivity index (χ1v) is 7.91. The minimum Gasteiger partial charge on any atom is -0.380 e. The summed E-state index contributed by atoms with van der Waals surface area (Å²) >= 11 is 0. The fourth-order valence-electron chi connectivity index (χ4n) is 2.66. The molecule has 1 aliphatic rings. The number of nitrogens with zero attached hydrogens (tertiary/aromatic N) is 1. The van der Waals surface area contributed by atoms with Crippen LogP contribution in [-0.4, -0.2) is 38.9 Å². The van der Waals surface area contributed by atoms with E-state index >= 15 is 0 Å². The molecule has 1 unspecified atom stereocenters. The second-order valence-corrected chi connectivity index (χ2v) is 6.04. The summed E-state index contributed by atoms with van der Waals surface area (Å²) in [4.78, 5) is 4.21. The fraction of sp³-hybridized carbons (Fsp3) is 0.588. The van der Waals surface area contributed by atoms with Crippen LogP contribution in [0.15, 0.2) is 23.2 Å². The summed E-state index contributed by atoms with van der Waals surface area (Å²) in [5, 5.41) is 6.52. The first kappa shape index (κ1) is 21.1. The number of benzene rings is 1. The van der Waals surface area contributed by atoms with Gasteiger partial charge in [-0.3, -0.25) is 4.99 Å². The van der Waals surface area contributed by atoms with Crippen LogP contribution in [-0.2, 0) is 22.6 Å². The highest BCUT2D eigenvalue weighted by Gasteiger charge is 2.29. The molecule has 1 fully saturated rings. The standard InChI is InChI=1S/C17H26FN3O2.HI/c1-17(7-4-8-23-17)12-21-16(19-2)20-10-13-5-6-15(18)14(9-13)11-22-3;/h5-6,9H,4,7-8,10-12H2,1-3H3,(H2,19,20,21);1H. The maximum atomic E-state index is 13.6. The average Bonchev–Trinajstić information content (AvgIpc) is 2.97. The topological polar surface area (TPSA) is 54.9 Å². The summed E-state index contributed by atoms with van der Waals surface area (Å²) < 4.78 is 24.4. The first-order valence-electron chi connectivity index (χ1n) is 7.91. The molecule has 1 atom stereocenters. The molecular formula is C17H27FIN3O2. The molecule has 0 bridgehead atoms. The van der Waals surface area contributed by atoms with Crippen LogP contribution in [0, 0.1) is 5.82 Å². The summed E-state index contributed by atoms with van der Waals surface area (Å²) in [6.07, 6.45) is 2.15. The van der Waals surface area contributed by atoms with Crippen molar-refractivity contribution in [2.75, 3.05) is 27.3 Å². The van der Waals surface area contributed by atoms with E-state index in [1.807, 2.05) is 0 Å². The number of ether oxygens (including phenoxy) is 2. The highest BCUT2D eigenvalue weighted by atomic mass is 127. The molecule has 1 heterocycles. The van der Waals surface area contributed by atoms with Crippen molar-refractivity contribution in [2.45, 2.75) is 38.5 Å². The van der Waals surface area contributed by atoms with E-state index < -0.39 is 0 Å². The lowest BCUT2D eigenvalue weighted by atomic mass is 10.0. The molecule has 0 saturated carbocycles. The third-order valence-electron chi connectivity index (χ3n) is 4.02. The number of methoxy groups -OCH3 is 1. The van der Waals surface area contributed by atoms with Crippen molar-refractivity contribution in [1.82, 2.24) is 10.6 Å². The molecule has 0 aliphatic carbocycles. The van der Waals surface area contributed by atoms with Gasteiger partial charge in [0, 0.05) is 39.4 Å². The van der Waals surface area contributed by atoms with Crippen LogP contribution in [0.2, 0.25) is 0 Å². The second kappa shape index (κ2) is 10.1. The zero-order valence-electron chi connectivity index (χ0n) is 14.5. The molecular weight excluding hydrogens is 424 g/mol. The number of halogens is 2. The van der Waals surface area contributed by atoms with E-state index in [0.717, 1.165) is 25.0 Å². The van der Waals surface area contributed by atoms with Gasteiger partial charge in [0.05, 0.1) is 12.2 Å². The molecule has 2 N–H and O–H groups in total. The van der Waals surface area contributed by atoms with Crippen LogP contribution in [0.1, 0.15) is 30.9 Å². The number of nitrogens with one attached hydrogen (secondary N) is 2. The number of hydrogen-bond acceptors (Lipinski definition) is 3. The predicted octanol–water partition coefficient (Wildman–Crippen LogP) is 2.82. The third kappa shape index (κ3) is 6.18. The Kier molecular flexibility index (Phi) is 8.93. The summed E-state index contributed by atoms with van der Waals surface area (Å²) in [5.74, 6) is 0.462. The van der Waals surface area contributed by atoms with E-state index in [1.165, 1.54) is 6.07 Å². The number of aliphatic imine (C=N–C) groups is 1. The molecule has 1 aliphatic heterocycles. The number of rotatable bonds is 6. The SMILES string of the molecule is CN=C(NCc1ccc(F)c(COC)c1)NCC1(C)CCCO1.I. The van der Waals surface area contributed by atoms with Crippen molar-refractivity contribution in [1.29, 1.82) is 0 Å². The van der Waals surface area contributed by atoms with Gasteiger partial charge in [0.25, 0.3) is 0 Å². The highest BCUT2D eigenvalue weighted by molar-refractivity contribution is 14.0. The summed E-state index contributed by atoms with van der Waals surface area (Å²) in [7, 11) is 3.29. The number of hydrogen-bond donors (Lipinski definition) is 2. The molecule has 2 rings (SSSR count). The Balaban J connectivity index is 0.00000288.